The average Bonchev–Trinajstić information content (AvgIpc) is 3.33. The van der Waals surface area contributed by atoms with Crippen molar-refractivity contribution < 1.29 is 19.3 Å². The van der Waals surface area contributed by atoms with Gasteiger partial charge in [0.2, 0.25) is 0 Å². The van der Waals surface area contributed by atoms with Crippen LogP contribution < -0.4 is 19.5 Å². The van der Waals surface area contributed by atoms with E-state index in [2.05, 4.69) is 32.9 Å². The minimum atomic E-state index is -0.698. The molecule has 1 unspecified atom stereocenters. The highest BCUT2D eigenvalue weighted by molar-refractivity contribution is 5.75. The lowest BCUT2D eigenvalue weighted by molar-refractivity contribution is 0.103. The summed E-state index contributed by atoms with van der Waals surface area (Å²) in [6.07, 6.45) is 0.0589. The summed E-state index contributed by atoms with van der Waals surface area (Å²) in [6, 6.07) is 21.5. The number of nitrogens with one attached hydrogen (secondary N) is 2. The topological polar surface area (TPSA) is 102 Å². The van der Waals surface area contributed by atoms with E-state index in [9.17, 15) is 5.11 Å². The van der Waals surface area contributed by atoms with Gasteiger partial charge in [-0.15, -0.1) is 5.10 Å². The number of benzene rings is 3. The molecule has 8 nitrogen and oxygen atoms in total. The largest absolute Gasteiger partial charge is 0.493 e. The number of hydrogen-bond donors (Lipinski definition) is 3. The number of aromatic nitrogens is 3. The molecule has 0 aliphatic rings. The number of rotatable bonds is 11. The van der Waals surface area contributed by atoms with Crippen molar-refractivity contribution in [1.82, 2.24) is 20.7 Å². The van der Waals surface area contributed by atoms with Crippen LogP contribution >= 0.6 is 0 Å². The summed E-state index contributed by atoms with van der Waals surface area (Å²) in [5.41, 5.74) is 3.79. The van der Waals surface area contributed by atoms with Crippen molar-refractivity contribution in [1.29, 1.82) is 0 Å². The van der Waals surface area contributed by atoms with Gasteiger partial charge in [0.25, 0.3) is 0 Å². The minimum absolute atomic E-state index is 0.0339. The molecule has 0 bridgehead atoms. The monoisotopic (exact) mass is 448 g/mol. The molecule has 0 spiro atoms. The molecule has 8 heteroatoms. The smallest absolute Gasteiger partial charge is 0.161 e. The Balaban J connectivity index is 1.41. The van der Waals surface area contributed by atoms with Crippen LogP contribution in [0.4, 0.5) is 0 Å². The van der Waals surface area contributed by atoms with Crippen LogP contribution in [0.3, 0.4) is 0 Å². The highest BCUT2D eigenvalue weighted by Crippen LogP contribution is 2.31. The molecule has 33 heavy (non-hydrogen) atoms. The first kappa shape index (κ1) is 22.6. The summed E-state index contributed by atoms with van der Waals surface area (Å²) >= 11 is 0. The van der Waals surface area contributed by atoms with E-state index in [1.807, 2.05) is 48.5 Å². The highest BCUT2D eigenvalue weighted by Gasteiger charge is 2.17. The summed E-state index contributed by atoms with van der Waals surface area (Å²) in [7, 11) is 3.24. The molecule has 172 valence electrons. The van der Waals surface area contributed by atoms with Crippen LogP contribution in [0.15, 0.2) is 66.7 Å². The van der Waals surface area contributed by atoms with Crippen LogP contribution in [0, 0.1) is 0 Å². The van der Waals surface area contributed by atoms with E-state index in [0.29, 0.717) is 23.8 Å². The Bertz CT molecular complexity index is 1170. The van der Waals surface area contributed by atoms with Gasteiger partial charge in [0.1, 0.15) is 24.0 Å². The Morgan fingerprint density at radius 1 is 0.970 bits per heavy atom. The molecule has 2 atom stereocenters. The van der Waals surface area contributed by atoms with E-state index in [4.69, 9.17) is 14.2 Å². The maximum Gasteiger partial charge on any atom is 0.161 e. The van der Waals surface area contributed by atoms with E-state index in [-0.39, 0.29) is 12.6 Å². The third kappa shape index (κ3) is 5.79. The second kappa shape index (κ2) is 10.8. The van der Waals surface area contributed by atoms with Crippen LogP contribution in [0.2, 0.25) is 0 Å². The van der Waals surface area contributed by atoms with Crippen LogP contribution in [0.5, 0.6) is 17.2 Å². The van der Waals surface area contributed by atoms with Crippen molar-refractivity contribution in [3.63, 3.8) is 0 Å². The Hall–Kier alpha value is -3.62. The van der Waals surface area contributed by atoms with Crippen molar-refractivity contribution in [2.75, 3.05) is 27.4 Å². The molecule has 4 aromatic rings. The summed E-state index contributed by atoms with van der Waals surface area (Å²) in [4.78, 5) is 0. The lowest BCUT2D eigenvalue weighted by Crippen LogP contribution is -2.34. The highest BCUT2D eigenvalue weighted by atomic mass is 16.5. The van der Waals surface area contributed by atoms with E-state index in [1.54, 1.807) is 20.3 Å². The lowest BCUT2D eigenvalue weighted by Gasteiger charge is -2.23. The van der Waals surface area contributed by atoms with Crippen LogP contribution in [0.25, 0.3) is 11.0 Å². The van der Waals surface area contributed by atoms with Crippen LogP contribution in [-0.4, -0.2) is 54.0 Å². The second-order valence-electron chi connectivity index (χ2n) is 7.72. The van der Waals surface area contributed by atoms with Gasteiger partial charge in [-0.1, -0.05) is 41.6 Å². The molecule has 1 heterocycles. The first-order valence-corrected chi connectivity index (χ1v) is 10.8. The zero-order valence-electron chi connectivity index (χ0n) is 18.7. The summed E-state index contributed by atoms with van der Waals surface area (Å²) in [5.74, 6) is 1.98. The number of ether oxygens (including phenoxy) is 3. The predicted octanol–water partition coefficient (Wildman–Crippen LogP) is 3.29. The Kier molecular flexibility index (Phi) is 7.39. The van der Waals surface area contributed by atoms with E-state index < -0.39 is 6.10 Å². The van der Waals surface area contributed by atoms with E-state index in [0.717, 1.165) is 23.0 Å². The third-order valence-corrected chi connectivity index (χ3v) is 5.43. The quantitative estimate of drug-likeness (QED) is 0.324. The maximum atomic E-state index is 10.6. The first-order chi connectivity index (χ1) is 16.2. The lowest BCUT2D eigenvalue weighted by atomic mass is 9.98. The van der Waals surface area contributed by atoms with Gasteiger partial charge in [0, 0.05) is 18.7 Å². The van der Waals surface area contributed by atoms with Crippen molar-refractivity contribution in [2.24, 2.45) is 0 Å². The Labute approximate surface area is 192 Å². The molecule has 4 rings (SSSR count). The zero-order valence-corrected chi connectivity index (χ0v) is 18.7. The normalized spacial score (nSPS) is 12.9. The molecule has 0 radical (unpaired) electrons. The van der Waals surface area contributed by atoms with Gasteiger partial charge < -0.3 is 24.6 Å². The van der Waals surface area contributed by atoms with Crippen molar-refractivity contribution in [2.45, 2.75) is 18.6 Å². The molecule has 0 fully saturated rings. The summed E-state index contributed by atoms with van der Waals surface area (Å²) < 4.78 is 16.6. The van der Waals surface area contributed by atoms with Crippen LogP contribution in [0.1, 0.15) is 17.2 Å². The number of H-pyrrole nitrogens is 1. The summed E-state index contributed by atoms with van der Waals surface area (Å²) in [6.45, 7) is 0.512. The fourth-order valence-electron chi connectivity index (χ4n) is 3.67. The molecule has 0 aliphatic carbocycles. The second-order valence-corrected chi connectivity index (χ2v) is 7.72. The molecular formula is C25H28N4O4. The van der Waals surface area contributed by atoms with Crippen molar-refractivity contribution in [3.05, 3.63) is 77.9 Å². The maximum absolute atomic E-state index is 10.6. The Morgan fingerprint density at radius 2 is 1.79 bits per heavy atom. The SMILES string of the molecule is COc1ccc(C(Cc2ccccc2)NC[C@H](O)COc2ccc3[nH]nnc3c2)cc1OC. The van der Waals surface area contributed by atoms with Gasteiger partial charge in [0.05, 0.1) is 19.7 Å². The standard InChI is InChI=1S/C25H28N4O4/c1-31-24-11-8-18(13-25(24)32-2)22(12-17-6-4-3-5-7-17)26-15-19(30)16-33-20-9-10-21-23(14-20)28-29-27-21/h3-11,13-14,19,22,26,30H,12,15-16H2,1-2H3,(H,27,28,29)/t19-,22?/m0/s1. The van der Waals surface area contributed by atoms with Crippen LogP contribution in [-0.2, 0) is 6.42 Å². The zero-order chi connectivity index (χ0) is 23.0. The molecule has 3 N–H and O–H groups in total. The Morgan fingerprint density at radius 3 is 2.58 bits per heavy atom. The first-order valence-electron chi connectivity index (χ1n) is 10.8. The van der Waals surface area contributed by atoms with Gasteiger partial charge in [-0.3, -0.25) is 5.10 Å². The number of aliphatic hydroxyl groups excluding tert-OH is 1. The number of hydrogen-bond acceptors (Lipinski definition) is 7. The number of nitrogens with zero attached hydrogens (tertiary/aromatic N) is 2. The molecule has 3 aromatic carbocycles. The minimum Gasteiger partial charge on any atom is -0.493 e. The summed E-state index contributed by atoms with van der Waals surface area (Å²) in [5, 5.41) is 24.6. The third-order valence-electron chi connectivity index (χ3n) is 5.43. The van der Waals surface area contributed by atoms with Gasteiger partial charge in [-0.2, -0.15) is 0 Å². The predicted molar refractivity (Wildman–Crippen MR) is 126 cm³/mol. The fraction of sp³-hybridized carbons (Fsp3) is 0.280. The number of aromatic amines is 1. The molecule has 0 saturated carbocycles. The molecule has 0 aliphatic heterocycles. The number of methoxy groups -OCH3 is 2. The molecule has 0 amide bonds. The van der Waals surface area contributed by atoms with E-state index in [1.165, 1.54) is 5.56 Å². The molecule has 0 saturated heterocycles. The van der Waals surface area contributed by atoms with Gasteiger partial charge in [0.15, 0.2) is 11.5 Å². The van der Waals surface area contributed by atoms with Gasteiger partial charge in [-0.05, 0) is 41.8 Å². The van der Waals surface area contributed by atoms with Crippen molar-refractivity contribution >= 4 is 11.0 Å². The van der Waals surface area contributed by atoms with Gasteiger partial charge >= 0.3 is 0 Å². The number of fused-ring (bicyclic) bond motifs is 1. The van der Waals surface area contributed by atoms with E-state index >= 15 is 0 Å². The molecule has 1 aromatic heterocycles. The van der Waals surface area contributed by atoms with Gasteiger partial charge in [-0.25, -0.2) is 0 Å². The van der Waals surface area contributed by atoms with Crippen molar-refractivity contribution in [3.8, 4) is 17.2 Å². The molecular weight excluding hydrogens is 420 g/mol. The number of aliphatic hydroxyl groups is 1. The fourth-order valence-corrected chi connectivity index (χ4v) is 3.67. The average molecular weight is 449 g/mol.